The van der Waals surface area contributed by atoms with Gasteiger partial charge in [0.25, 0.3) is 0 Å². The second-order valence-corrected chi connectivity index (χ2v) is 5.82. The Balaban J connectivity index is 1.83. The van der Waals surface area contributed by atoms with Crippen LogP contribution in [0.4, 0.5) is 0 Å². The smallest absolute Gasteiger partial charge is 0.127 e. The van der Waals surface area contributed by atoms with Gasteiger partial charge in [-0.25, -0.2) is 0 Å². The number of hydrogen-bond acceptors (Lipinski definition) is 2. The molecule has 0 N–H and O–H groups in total. The molecule has 0 radical (unpaired) electrons. The van der Waals surface area contributed by atoms with Gasteiger partial charge < -0.3 is 9.69 Å². The van der Waals surface area contributed by atoms with Crippen molar-refractivity contribution in [2.24, 2.45) is 11.3 Å². The van der Waals surface area contributed by atoms with Crippen LogP contribution in [0, 0.1) is 11.3 Å². The monoisotopic (exact) mass is 223 g/mol. The van der Waals surface area contributed by atoms with Gasteiger partial charge in [-0.3, -0.25) is 0 Å². The summed E-state index contributed by atoms with van der Waals surface area (Å²) in [6, 6.07) is 0. The molecule has 1 heterocycles. The average molecular weight is 223 g/mol. The lowest BCUT2D eigenvalue weighted by Gasteiger charge is -2.36. The highest BCUT2D eigenvalue weighted by atomic mass is 16.1. The number of rotatable bonds is 4. The van der Waals surface area contributed by atoms with Crippen molar-refractivity contribution in [1.82, 2.24) is 4.90 Å². The summed E-state index contributed by atoms with van der Waals surface area (Å²) < 4.78 is 0. The number of nitrogens with zero attached hydrogens (tertiary/aromatic N) is 1. The van der Waals surface area contributed by atoms with Gasteiger partial charge in [0.15, 0.2) is 0 Å². The van der Waals surface area contributed by atoms with Crippen molar-refractivity contribution in [2.75, 3.05) is 19.6 Å². The van der Waals surface area contributed by atoms with E-state index in [2.05, 4.69) is 11.8 Å². The molecule has 2 heteroatoms. The van der Waals surface area contributed by atoms with Crippen LogP contribution < -0.4 is 0 Å². The van der Waals surface area contributed by atoms with Crippen LogP contribution in [0.5, 0.6) is 0 Å². The van der Waals surface area contributed by atoms with Gasteiger partial charge in [-0.05, 0) is 44.7 Å². The molecular weight excluding hydrogens is 198 g/mol. The van der Waals surface area contributed by atoms with Crippen LogP contribution in [-0.2, 0) is 4.79 Å². The maximum Gasteiger partial charge on any atom is 0.127 e. The van der Waals surface area contributed by atoms with Gasteiger partial charge in [0.05, 0.1) is 0 Å². The Kier molecular flexibility index (Phi) is 4.01. The van der Waals surface area contributed by atoms with Crippen molar-refractivity contribution in [2.45, 2.75) is 51.9 Å². The molecule has 2 rings (SSSR count). The van der Waals surface area contributed by atoms with Crippen LogP contribution >= 0.6 is 0 Å². The molecule has 0 amide bonds. The quantitative estimate of drug-likeness (QED) is 0.683. The molecule has 0 bridgehead atoms. The highest BCUT2D eigenvalue weighted by Crippen LogP contribution is 2.37. The van der Waals surface area contributed by atoms with Gasteiger partial charge in [-0.2, -0.15) is 0 Å². The van der Waals surface area contributed by atoms with E-state index in [0.717, 1.165) is 25.3 Å². The standard InChI is InChI=1S/C14H25NO/c1-2-13-5-9-15(10-6-13)11-14(12-16)7-3-4-8-14/h12-13H,2-11H2,1H3. The zero-order valence-corrected chi connectivity index (χ0v) is 10.6. The number of carbonyl (C=O) groups excluding carboxylic acids is 1. The third kappa shape index (κ3) is 2.65. The van der Waals surface area contributed by atoms with Crippen LogP contribution in [0.25, 0.3) is 0 Å². The molecule has 0 unspecified atom stereocenters. The Morgan fingerprint density at radius 2 is 1.88 bits per heavy atom. The van der Waals surface area contributed by atoms with Crippen molar-refractivity contribution in [1.29, 1.82) is 0 Å². The summed E-state index contributed by atoms with van der Waals surface area (Å²) >= 11 is 0. The normalized spacial score (nSPS) is 27.1. The molecule has 0 spiro atoms. The zero-order valence-electron chi connectivity index (χ0n) is 10.6. The van der Waals surface area contributed by atoms with Crippen molar-refractivity contribution < 1.29 is 4.79 Å². The van der Waals surface area contributed by atoms with Crippen molar-refractivity contribution >= 4 is 6.29 Å². The number of likely N-dealkylation sites (tertiary alicyclic amines) is 1. The number of aldehydes is 1. The lowest BCUT2D eigenvalue weighted by molar-refractivity contribution is -0.117. The lowest BCUT2D eigenvalue weighted by Crippen LogP contribution is -2.41. The first-order valence-corrected chi connectivity index (χ1v) is 6.97. The fourth-order valence-electron chi connectivity index (χ4n) is 3.39. The van der Waals surface area contributed by atoms with Crippen molar-refractivity contribution in [3.63, 3.8) is 0 Å². The topological polar surface area (TPSA) is 20.3 Å². The minimum atomic E-state index is 0.0268. The highest BCUT2D eigenvalue weighted by Gasteiger charge is 2.35. The Hall–Kier alpha value is -0.370. The van der Waals surface area contributed by atoms with Gasteiger partial charge in [-0.1, -0.05) is 26.2 Å². The summed E-state index contributed by atoms with van der Waals surface area (Å²) in [5, 5.41) is 0. The van der Waals surface area contributed by atoms with E-state index in [1.54, 1.807) is 0 Å². The number of piperidine rings is 1. The molecule has 1 saturated heterocycles. The van der Waals surface area contributed by atoms with E-state index < -0.39 is 0 Å². The summed E-state index contributed by atoms with van der Waals surface area (Å²) in [7, 11) is 0. The third-order valence-corrected chi connectivity index (χ3v) is 4.67. The molecule has 0 aromatic heterocycles. The first kappa shape index (κ1) is 12.1. The fraction of sp³-hybridized carbons (Fsp3) is 0.929. The van der Waals surface area contributed by atoms with Gasteiger partial charge in [-0.15, -0.1) is 0 Å². The minimum absolute atomic E-state index is 0.0268. The molecule has 2 fully saturated rings. The van der Waals surface area contributed by atoms with Gasteiger partial charge in [0.1, 0.15) is 6.29 Å². The minimum Gasteiger partial charge on any atom is -0.303 e. The predicted molar refractivity (Wildman–Crippen MR) is 66.4 cm³/mol. The molecule has 0 aromatic carbocycles. The van der Waals surface area contributed by atoms with E-state index in [1.165, 1.54) is 51.5 Å². The molecule has 92 valence electrons. The van der Waals surface area contributed by atoms with Crippen LogP contribution in [0.1, 0.15) is 51.9 Å². The zero-order chi connectivity index (χ0) is 11.4. The Morgan fingerprint density at radius 3 is 2.38 bits per heavy atom. The summed E-state index contributed by atoms with van der Waals surface area (Å²) in [5.41, 5.74) is 0.0268. The molecule has 0 aromatic rings. The van der Waals surface area contributed by atoms with E-state index in [0.29, 0.717) is 0 Å². The van der Waals surface area contributed by atoms with Crippen LogP contribution in [0.2, 0.25) is 0 Å². The fourth-order valence-corrected chi connectivity index (χ4v) is 3.39. The van der Waals surface area contributed by atoms with Crippen LogP contribution in [0.3, 0.4) is 0 Å². The first-order valence-electron chi connectivity index (χ1n) is 6.97. The molecular formula is C14H25NO. The van der Waals surface area contributed by atoms with Crippen LogP contribution in [-0.4, -0.2) is 30.8 Å². The maximum absolute atomic E-state index is 11.3. The van der Waals surface area contributed by atoms with Gasteiger partial charge in [0.2, 0.25) is 0 Å². The second-order valence-electron chi connectivity index (χ2n) is 5.82. The van der Waals surface area contributed by atoms with E-state index in [9.17, 15) is 4.79 Å². The molecule has 2 aliphatic rings. The average Bonchev–Trinajstić information content (AvgIpc) is 2.79. The molecule has 1 saturated carbocycles. The number of carbonyl (C=O) groups is 1. The van der Waals surface area contributed by atoms with Crippen LogP contribution in [0.15, 0.2) is 0 Å². The van der Waals surface area contributed by atoms with Crippen molar-refractivity contribution in [3.05, 3.63) is 0 Å². The summed E-state index contributed by atoms with van der Waals surface area (Å²) in [4.78, 5) is 13.8. The van der Waals surface area contributed by atoms with E-state index in [-0.39, 0.29) is 5.41 Å². The molecule has 1 aliphatic heterocycles. The summed E-state index contributed by atoms with van der Waals surface area (Å²) in [6.07, 6.45) is 10.0. The second kappa shape index (κ2) is 5.31. The molecule has 0 atom stereocenters. The largest absolute Gasteiger partial charge is 0.303 e. The Bertz CT molecular complexity index is 225. The summed E-state index contributed by atoms with van der Waals surface area (Å²) in [5.74, 6) is 0.937. The molecule has 16 heavy (non-hydrogen) atoms. The summed E-state index contributed by atoms with van der Waals surface area (Å²) in [6.45, 7) is 5.76. The Morgan fingerprint density at radius 1 is 1.25 bits per heavy atom. The van der Waals surface area contributed by atoms with Crippen molar-refractivity contribution in [3.8, 4) is 0 Å². The number of hydrogen-bond donors (Lipinski definition) is 0. The van der Waals surface area contributed by atoms with Gasteiger partial charge in [0, 0.05) is 12.0 Å². The molecule has 1 aliphatic carbocycles. The molecule has 2 nitrogen and oxygen atoms in total. The maximum atomic E-state index is 11.3. The van der Waals surface area contributed by atoms with E-state index in [4.69, 9.17) is 0 Å². The van der Waals surface area contributed by atoms with E-state index >= 15 is 0 Å². The van der Waals surface area contributed by atoms with E-state index in [1.807, 2.05) is 0 Å². The predicted octanol–water partition coefficient (Wildman–Crippen LogP) is 2.87. The first-order chi connectivity index (χ1) is 7.78. The Labute approximate surface area is 99.4 Å². The van der Waals surface area contributed by atoms with Gasteiger partial charge >= 0.3 is 0 Å². The lowest BCUT2D eigenvalue weighted by atomic mass is 9.86. The highest BCUT2D eigenvalue weighted by molar-refractivity contribution is 5.60. The third-order valence-electron chi connectivity index (χ3n) is 4.67. The SMILES string of the molecule is CCC1CCN(CC2(C=O)CCCC2)CC1.